The number of hydrogen-bond donors (Lipinski definition) is 2. The zero-order chi connectivity index (χ0) is 12.5. The van der Waals surface area contributed by atoms with Gasteiger partial charge in [0.05, 0.1) is 5.41 Å². The molecule has 0 aliphatic heterocycles. The van der Waals surface area contributed by atoms with E-state index in [-0.39, 0.29) is 5.75 Å². The van der Waals surface area contributed by atoms with Gasteiger partial charge in [-0.25, -0.2) is 0 Å². The number of aromatic hydroxyl groups is 1. The molecular weight excluding hydrogens is 204 g/mol. The van der Waals surface area contributed by atoms with Crippen LogP contribution in [0.3, 0.4) is 0 Å². The number of carboxylic acid groups (broad SMARTS) is 1. The first-order valence-electron chi connectivity index (χ1n) is 5.26. The molecule has 3 nitrogen and oxygen atoms in total. The van der Waals surface area contributed by atoms with Crippen LogP contribution in [0.1, 0.15) is 30.5 Å². The molecule has 0 aliphatic carbocycles. The van der Waals surface area contributed by atoms with Crippen LogP contribution in [0.4, 0.5) is 0 Å². The zero-order valence-corrected chi connectivity index (χ0v) is 10.2. The summed E-state index contributed by atoms with van der Waals surface area (Å²) in [4.78, 5) is 11.0. The van der Waals surface area contributed by atoms with Crippen molar-refractivity contribution in [2.24, 2.45) is 5.41 Å². The molecule has 88 valence electrons. The van der Waals surface area contributed by atoms with Crippen molar-refractivity contribution in [1.29, 1.82) is 0 Å². The first-order valence-corrected chi connectivity index (χ1v) is 5.26. The Morgan fingerprint density at radius 3 is 2.31 bits per heavy atom. The summed E-state index contributed by atoms with van der Waals surface area (Å²) in [5, 5.41) is 18.9. The van der Waals surface area contributed by atoms with Gasteiger partial charge in [-0.05, 0) is 56.9 Å². The minimum Gasteiger partial charge on any atom is -0.508 e. The Hall–Kier alpha value is -1.51. The van der Waals surface area contributed by atoms with E-state index >= 15 is 0 Å². The minimum absolute atomic E-state index is 0.187. The number of hydrogen-bond acceptors (Lipinski definition) is 2. The second kappa shape index (κ2) is 4.16. The van der Waals surface area contributed by atoms with E-state index in [2.05, 4.69) is 0 Å². The first kappa shape index (κ1) is 12.6. The molecule has 1 aromatic rings. The van der Waals surface area contributed by atoms with Crippen molar-refractivity contribution >= 4 is 5.97 Å². The molecule has 0 radical (unpaired) electrons. The molecule has 0 aromatic heterocycles. The third kappa shape index (κ3) is 2.54. The maximum absolute atomic E-state index is 11.0. The van der Waals surface area contributed by atoms with E-state index in [0.717, 1.165) is 16.7 Å². The van der Waals surface area contributed by atoms with Gasteiger partial charge in [0, 0.05) is 0 Å². The van der Waals surface area contributed by atoms with Crippen LogP contribution in [0, 0.1) is 19.3 Å². The van der Waals surface area contributed by atoms with Crippen molar-refractivity contribution in [1.82, 2.24) is 0 Å². The lowest BCUT2D eigenvalue weighted by molar-refractivity contribution is -0.146. The standard InChI is InChI=1S/C13H18O3/c1-8-5-9(2)10(11(14)6-8)7-13(3,4)12(15)16/h5-6,14H,7H2,1-4H3,(H,15,16). The molecule has 0 saturated carbocycles. The zero-order valence-electron chi connectivity index (χ0n) is 10.2. The van der Waals surface area contributed by atoms with Gasteiger partial charge in [0.2, 0.25) is 0 Å². The van der Waals surface area contributed by atoms with Crippen molar-refractivity contribution in [3.8, 4) is 5.75 Å². The Morgan fingerprint density at radius 1 is 1.31 bits per heavy atom. The van der Waals surface area contributed by atoms with Crippen LogP contribution in [-0.2, 0) is 11.2 Å². The maximum Gasteiger partial charge on any atom is 0.309 e. The van der Waals surface area contributed by atoms with Gasteiger partial charge in [-0.1, -0.05) is 6.07 Å². The molecule has 3 heteroatoms. The monoisotopic (exact) mass is 222 g/mol. The molecule has 0 bridgehead atoms. The Balaban J connectivity index is 3.11. The Kier molecular flexibility index (Phi) is 3.27. The second-order valence-electron chi connectivity index (χ2n) is 4.95. The number of aryl methyl sites for hydroxylation is 2. The van der Waals surface area contributed by atoms with Crippen LogP contribution in [0.5, 0.6) is 5.75 Å². The van der Waals surface area contributed by atoms with Gasteiger partial charge < -0.3 is 10.2 Å². The van der Waals surface area contributed by atoms with Gasteiger partial charge in [0.25, 0.3) is 0 Å². The highest BCUT2D eigenvalue weighted by atomic mass is 16.4. The average molecular weight is 222 g/mol. The molecule has 0 amide bonds. The molecule has 0 fully saturated rings. The fourth-order valence-corrected chi connectivity index (χ4v) is 1.72. The number of rotatable bonds is 3. The molecule has 1 aromatic carbocycles. The van der Waals surface area contributed by atoms with E-state index in [1.165, 1.54) is 0 Å². The molecule has 0 unspecified atom stereocenters. The summed E-state index contributed by atoms with van der Waals surface area (Å²) in [5.41, 5.74) is 1.77. The smallest absolute Gasteiger partial charge is 0.309 e. The minimum atomic E-state index is -0.864. The second-order valence-corrected chi connectivity index (χ2v) is 4.95. The number of benzene rings is 1. The molecule has 0 heterocycles. The Labute approximate surface area is 95.7 Å². The van der Waals surface area contributed by atoms with E-state index in [0.29, 0.717) is 6.42 Å². The first-order chi connectivity index (χ1) is 7.24. The predicted molar refractivity (Wildman–Crippen MR) is 62.7 cm³/mol. The van der Waals surface area contributed by atoms with E-state index < -0.39 is 11.4 Å². The largest absolute Gasteiger partial charge is 0.508 e. The molecule has 0 aliphatic rings. The van der Waals surface area contributed by atoms with Gasteiger partial charge in [-0.2, -0.15) is 0 Å². The quantitative estimate of drug-likeness (QED) is 0.826. The molecule has 0 spiro atoms. The van der Waals surface area contributed by atoms with Gasteiger partial charge in [0.15, 0.2) is 0 Å². The van der Waals surface area contributed by atoms with E-state index in [1.54, 1.807) is 19.9 Å². The summed E-state index contributed by atoms with van der Waals surface area (Å²) in [5.74, 6) is -0.668. The van der Waals surface area contributed by atoms with Crippen LogP contribution >= 0.6 is 0 Å². The normalized spacial score (nSPS) is 11.5. The molecular formula is C13H18O3. The SMILES string of the molecule is Cc1cc(C)c(CC(C)(C)C(=O)O)c(O)c1. The van der Waals surface area contributed by atoms with Gasteiger partial charge in [-0.3, -0.25) is 4.79 Å². The van der Waals surface area contributed by atoms with Crippen LogP contribution in [0.15, 0.2) is 12.1 Å². The highest BCUT2D eigenvalue weighted by Crippen LogP contribution is 2.30. The molecule has 0 atom stereocenters. The van der Waals surface area contributed by atoms with Crippen molar-refractivity contribution in [2.45, 2.75) is 34.1 Å². The van der Waals surface area contributed by atoms with Crippen LogP contribution in [0.25, 0.3) is 0 Å². The number of aliphatic carboxylic acids is 1. The van der Waals surface area contributed by atoms with Gasteiger partial charge in [-0.15, -0.1) is 0 Å². The maximum atomic E-state index is 11.0. The fraction of sp³-hybridized carbons (Fsp3) is 0.462. The van der Waals surface area contributed by atoms with E-state index in [9.17, 15) is 9.90 Å². The summed E-state index contributed by atoms with van der Waals surface area (Å²) >= 11 is 0. The summed E-state index contributed by atoms with van der Waals surface area (Å²) in [6.07, 6.45) is 0.334. The summed E-state index contributed by atoms with van der Waals surface area (Å²) in [6.45, 7) is 7.11. The van der Waals surface area contributed by atoms with Crippen molar-refractivity contribution in [3.05, 3.63) is 28.8 Å². The number of phenols is 1. The Bertz CT molecular complexity index is 396. The van der Waals surface area contributed by atoms with Crippen molar-refractivity contribution in [2.75, 3.05) is 0 Å². The van der Waals surface area contributed by atoms with E-state index in [4.69, 9.17) is 5.11 Å². The van der Waals surface area contributed by atoms with Crippen LogP contribution in [0.2, 0.25) is 0 Å². The van der Waals surface area contributed by atoms with Crippen LogP contribution < -0.4 is 0 Å². The highest BCUT2D eigenvalue weighted by molar-refractivity contribution is 5.74. The summed E-state index contributed by atoms with van der Waals surface area (Å²) in [7, 11) is 0. The Morgan fingerprint density at radius 2 is 1.88 bits per heavy atom. The van der Waals surface area contributed by atoms with Gasteiger partial charge >= 0.3 is 5.97 Å². The van der Waals surface area contributed by atoms with Crippen LogP contribution in [-0.4, -0.2) is 16.2 Å². The third-order valence-corrected chi connectivity index (χ3v) is 2.79. The van der Waals surface area contributed by atoms with Crippen molar-refractivity contribution in [3.63, 3.8) is 0 Å². The summed E-state index contributed by atoms with van der Waals surface area (Å²) in [6, 6.07) is 3.62. The fourth-order valence-electron chi connectivity index (χ4n) is 1.72. The summed E-state index contributed by atoms with van der Waals surface area (Å²) < 4.78 is 0. The topological polar surface area (TPSA) is 57.5 Å². The molecule has 16 heavy (non-hydrogen) atoms. The van der Waals surface area contributed by atoms with E-state index in [1.807, 2.05) is 19.9 Å². The van der Waals surface area contributed by atoms with Gasteiger partial charge in [0.1, 0.15) is 5.75 Å². The third-order valence-electron chi connectivity index (χ3n) is 2.79. The number of carboxylic acids is 1. The predicted octanol–water partition coefficient (Wildman–Crippen LogP) is 2.66. The molecule has 1 rings (SSSR count). The average Bonchev–Trinajstić information content (AvgIpc) is 2.11. The lowest BCUT2D eigenvalue weighted by atomic mass is 9.84. The highest BCUT2D eigenvalue weighted by Gasteiger charge is 2.29. The lowest BCUT2D eigenvalue weighted by Gasteiger charge is -2.21. The number of phenolic OH excluding ortho intramolecular Hbond substituents is 1. The molecule has 0 saturated heterocycles. The molecule has 2 N–H and O–H groups in total. The number of carbonyl (C=O) groups is 1. The van der Waals surface area contributed by atoms with Crippen molar-refractivity contribution < 1.29 is 15.0 Å². The lowest BCUT2D eigenvalue weighted by Crippen LogP contribution is -2.26.